The maximum Gasteiger partial charge on any atom is 0.270 e. The van der Waals surface area contributed by atoms with Gasteiger partial charge in [0.1, 0.15) is 0 Å². The molecule has 1 amide bonds. The lowest BCUT2D eigenvalue weighted by Crippen LogP contribution is -2.27. The standard InChI is InChI=1S/C12H14N6O/c1-18-16-12(15-17-18)14-11(19)9-6-7-13-10-5-3-2-4-8(9)10/h2-5,9,13H,6-7H2,1H3,(H,14,16,19). The fourth-order valence-electron chi connectivity index (χ4n) is 2.27. The smallest absolute Gasteiger partial charge is 0.270 e. The molecule has 2 heterocycles. The van der Waals surface area contributed by atoms with E-state index in [9.17, 15) is 4.79 Å². The van der Waals surface area contributed by atoms with Crippen LogP contribution in [0.1, 0.15) is 17.9 Å². The van der Waals surface area contributed by atoms with Crippen LogP contribution in [0.2, 0.25) is 0 Å². The first kappa shape index (κ1) is 11.6. The summed E-state index contributed by atoms with van der Waals surface area (Å²) in [5.41, 5.74) is 2.02. The van der Waals surface area contributed by atoms with Crippen molar-refractivity contribution >= 4 is 17.5 Å². The van der Waals surface area contributed by atoms with E-state index >= 15 is 0 Å². The number of aryl methyl sites for hydroxylation is 1. The van der Waals surface area contributed by atoms with Crippen LogP contribution in [0.5, 0.6) is 0 Å². The first-order chi connectivity index (χ1) is 9.24. The Morgan fingerprint density at radius 1 is 1.47 bits per heavy atom. The molecule has 0 spiro atoms. The minimum absolute atomic E-state index is 0.0954. The Labute approximate surface area is 110 Å². The van der Waals surface area contributed by atoms with E-state index in [4.69, 9.17) is 0 Å². The quantitative estimate of drug-likeness (QED) is 0.830. The summed E-state index contributed by atoms with van der Waals surface area (Å²) in [6, 6.07) is 7.84. The van der Waals surface area contributed by atoms with Crippen molar-refractivity contribution in [1.82, 2.24) is 20.2 Å². The van der Waals surface area contributed by atoms with E-state index in [1.807, 2.05) is 24.3 Å². The molecule has 7 nitrogen and oxygen atoms in total. The molecule has 0 radical (unpaired) electrons. The van der Waals surface area contributed by atoms with Crippen LogP contribution in [0.4, 0.5) is 11.6 Å². The number of nitrogens with zero attached hydrogens (tertiary/aromatic N) is 4. The summed E-state index contributed by atoms with van der Waals surface area (Å²) in [5, 5.41) is 17.4. The molecule has 1 aliphatic heterocycles. The molecule has 0 saturated heterocycles. The highest BCUT2D eigenvalue weighted by molar-refractivity contribution is 5.95. The van der Waals surface area contributed by atoms with Gasteiger partial charge in [0.05, 0.1) is 13.0 Å². The fraction of sp³-hybridized carbons (Fsp3) is 0.333. The van der Waals surface area contributed by atoms with Gasteiger partial charge in [-0.15, -0.1) is 5.10 Å². The van der Waals surface area contributed by atoms with Crippen molar-refractivity contribution in [3.05, 3.63) is 29.8 Å². The largest absolute Gasteiger partial charge is 0.385 e. The van der Waals surface area contributed by atoms with Crippen molar-refractivity contribution in [3.63, 3.8) is 0 Å². The van der Waals surface area contributed by atoms with Crippen molar-refractivity contribution in [2.24, 2.45) is 7.05 Å². The molecule has 2 N–H and O–H groups in total. The van der Waals surface area contributed by atoms with E-state index in [1.54, 1.807) is 7.05 Å². The molecule has 1 unspecified atom stereocenters. The lowest BCUT2D eigenvalue weighted by atomic mass is 9.90. The van der Waals surface area contributed by atoms with Gasteiger partial charge in [0.2, 0.25) is 5.91 Å². The highest BCUT2D eigenvalue weighted by atomic mass is 16.2. The number of amides is 1. The van der Waals surface area contributed by atoms with Gasteiger partial charge in [0.25, 0.3) is 5.95 Å². The summed E-state index contributed by atoms with van der Waals surface area (Å²) in [5.74, 6) is -0.0354. The van der Waals surface area contributed by atoms with Crippen LogP contribution < -0.4 is 10.6 Å². The van der Waals surface area contributed by atoms with E-state index in [-0.39, 0.29) is 17.8 Å². The van der Waals surface area contributed by atoms with Crippen LogP contribution in [0, 0.1) is 0 Å². The number of hydrogen-bond donors (Lipinski definition) is 2. The van der Waals surface area contributed by atoms with E-state index in [1.165, 1.54) is 4.80 Å². The molecule has 98 valence electrons. The van der Waals surface area contributed by atoms with Gasteiger partial charge in [0.15, 0.2) is 0 Å². The number of para-hydroxylation sites is 1. The molecule has 1 aromatic heterocycles. The van der Waals surface area contributed by atoms with E-state index in [0.29, 0.717) is 0 Å². The number of carbonyl (C=O) groups excluding carboxylic acids is 1. The highest BCUT2D eigenvalue weighted by Crippen LogP contribution is 2.31. The van der Waals surface area contributed by atoms with E-state index in [2.05, 4.69) is 26.0 Å². The van der Waals surface area contributed by atoms with Crippen molar-refractivity contribution in [2.45, 2.75) is 12.3 Å². The fourth-order valence-corrected chi connectivity index (χ4v) is 2.27. The van der Waals surface area contributed by atoms with E-state index in [0.717, 1.165) is 24.2 Å². The minimum atomic E-state index is -0.179. The summed E-state index contributed by atoms with van der Waals surface area (Å²) in [4.78, 5) is 13.6. The second-order valence-electron chi connectivity index (χ2n) is 4.45. The first-order valence-electron chi connectivity index (χ1n) is 6.12. The van der Waals surface area contributed by atoms with Gasteiger partial charge in [-0.25, -0.2) is 0 Å². The normalized spacial score (nSPS) is 17.4. The average Bonchev–Trinajstić information content (AvgIpc) is 2.83. The maximum atomic E-state index is 12.3. The summed E-state index contributed by atoms with van der Waals surface area (Å²) in [6.45, 7) is 0.781. The lowest BCUT2D eigenvalue weighted by molar-refractivity contribution is -0.117. The van der Waals surface area contributed by atoms with Crippen LogP contribution in [0.15, 0.2) is 24.3 Å². The van der Waals surface area contributed by atoms with Crippen molar-refractivity contribution in [1.29, 1.82) is 0 Å². The molecule has 1 aromatic carbocycles. The molecule has 19 heavy (non-hydrogen) atoms. The SMILES string of the molecule is Cn1nnc(NC(=O)C2CCNc3ccccc32)n1. The molecule has 0 fully saturated rings. The molecule has 7 heteroatoms. The molecule has 3 rings (SSSR count). The Kier molecular flexibility index (Phi) is 2.86. The molecular formula is C12H14N6O. The topological polar surface area (TPSA) is 84.7 Å². The Hall–Kier alpha value is -2.44. The van der Waals surface area contributed by atoms with Crippen LogP contribution in [-0.4, -0.2) is 32.7 Å². The predicted octanol–water partition coefficient (Wildman–Crippen LogP) is 0.748. The number of rotatable bonds is 2. The zero-order valence-electron chi connectivity index (χ0n) is 10.5. The molecule has 0 aliphatic carbocycles. The monoisotopic (exact) mass is 258 g/mol. The van der Waals surface area contributed by atoms with Crippen LogP contribution >= 0.6 is 0 Å². The van der Waals surface area contributed by atoms with Gasteiger partial charge in [0, 0.05) is 12.2 Å². The summed E-state index contributed by atoms with van der Waals surface area (Å²) in [6.07, 6.45) is 0.753. The number of carbonyl (C=O) groups is 1. The zero-order chi connectivity index (χ0) is 13.2. The van der Waals surface area contributed by atoms with Gasteiger partial charge in [-0.2, -0.15) is 4.80 Å². The number of tetrazole rings is 1. The minimum Gasteiger partial charge on any atom is -0.385 e. The Morgan fingerprint density at radius 3 is 3.11 bits per heavy atom. The Morgan fingerprint density at radius 2 is 2.32 bits per heavy atom. The number of benzene rings is 1. The number of nitrogens with one attached hydrogen (secondary N) is 2. The molecule has 1 atom stereocenters. The predicted molar refractivity (Wildman–Crippen MR) is 69.7 cm³/mol. The van der Waals surface area contributed by atoms with Gasteiger partial charge >= 0.3 is 0 Å². The summed E-state index contributed by atoms with van der Waals surface area (Å²) >= 11 is 0. The number of fused-ring (bicyclic) bond motifs is 1. The number of hydrogen-bond acceptors (Lipinski definition) is 5. The third kappa shape index (κ3) is 2.26. The van der Waals surface area contributed by atoms with Gasteiger partial charge in [-0.3, -0.25) is 10.1 Å². The van der Waals surface area contributed by atoms with Gasteiger partial charge in [-0.1, -0.05) is 23.3 Å². The molecule has 1 aliphatic rings. The molecular weight excluding hydrogens is 244 g/mol. The summed E-state index contributed by atoms with van der Waals surface area (Å²) in [7, 11) is 1.66. The van der Waals surface area contributed by atoms with Gasteiger partial charge < -0.3 is 5.32 Å². The second kappa shape index (κ2) is 4.68. The highest BCUT2D eigenvalue weighted by Gasteiger charge is 2.26. The second-order valence-corrected chi connectivity index (χ2v) is 4.45. The summed E-state index contributed by atoms with van der Waals surface area (Å²) < 4.78 is 0. The van der Waals surface area contributed by atoms with Crippen LogP contribution in [-0.2, 0) is 11.8 Å². The third-order valence-corrected chi connectivity index (χ3v) is 3.14. The number of anilines is 2. The van der Waals surface area contributed by atoms with E-state index < -0.39 is 0 Å². The van der Waals surface area contributed by atoms with Crippen LogP contribution in [0.25, 0.3) is 0 Å². The third-order valence-electron chi connectivity index (χ3n) is 3.14. The number of aromatic nitrogens is 4. The van der Waals surface area contributed by atoms with Crippen molar-refractivity contribution < 1.29 is 4.79 Å². The molecule has 0 saturated carbocycles. The van der Waals surface area contributed by atoms with Crippen molar-refractivity contribution in [3.8, 4) is 0 Å². The van der Waals surface area contributed by atoms with Gasteiger partial charge in [-0.05, 0) is 23.3 Å². The lowest BCUT2D eigenvalue weighted by Gasteiger charge is -2.25. The maximum absolute atomic E-state index is 12.3. The Bertz CT molecular complexity index is 608. The Balaban J connectivity index is 1.81. The zero-order valence-corrected chi connectivity index (χ0v) is 10.5. The molecule has 2 aromatic rings. The average molecular weight is 258 g/mol. The first-order valence-corrected chi connectivity index (χ1v) is 6.12. The van der Waals surface area contributed by atoms with Crippen LogP contribution in [0.3, 0.4) is 0 Å². The van der Waals surface area contributed by atoms with Crippen molar-refractivity contribution in [2.75, 3.05) is 17.2 Å². The molecule has 0 bridgehead atoms.